The molecule has 1 atom stereocenters. The summed E-state index contributed by atoms with van der Waals surface area (Å²) in [7, 11) is 3.18. The Labute approximate surface area is 250 Å². The number of hydrogen-bond acceptors (Lipinski definition) is 6. The minimum absolute atomic E-state index is 0.0235. The van der Waals surface area contributed by atoms with Gasteiger partial charge in [0.05, 0.1) is 17.6 Å². The summed E-state index contributed by atoms with van der Waals surface area (Å²) in [5, 5.41) is 13.8. The molecule has 4 rings (SSSR count). The van der Waals surface area contributed by atoms with Crippen molar-refractivity contribution in [1.82, 2.24) is 24.8 Å². The second-order valence-electron chi connectivity index (χ2n) is 9.95. The van der Waals surface area contributed by atoms with Gasteiger partial charge in [0.2, 0.25) is 11.8 Å². The second kappa shape index (κ2) is 14.1. The van der Waals surface area contributed by atoms with Gasteiger partial charge in [0.15, 0.2) is 0 Å². The van der Waals surface area contributed by atoms with Crippen molar-refractivity contribution in [2.45, 2.75) is 32.0 Å². The molecule has 4 aromatic rings. The fourth-order valence-corrected chi connectivity index (χ4v) is 4.16. The summed E-state index contributed by atoms with van der Waals surface area (Å²) in [4.78, 5) is 57.9. The Bertz CT molecular complexity index is 1770. The molecule has 0 spiro atoms. The average molecular weight is 609 g/mol. The Morgan fingerprint density at radius 2 is 1.95 bits per heavy atom. The topological polar surface area (TPSA) is 159 Å². The summed E-state index contributed by atoms with van der Waals surface area (Å²) in [5.41, 5.74) is 0.770. The van der Waals surface area contributed by atoms with Crippen LogP contribution in [0.1, 0.15) is 24.2 Å². The van der Waals surface area contributed by atoms with E-state index in [0.29, 0.717) is 22.6 Å². The van der Waals surface area contributed by atoms with E-state index in [2.05, 4.69) is 20.6 Å². The first kappa shape index (κ1) is 31.4. The number of benzene rings is 2. The summed E-state index contributed by atoms with van der Waals surface area (Å²) >= 11 is 0. The van der Waals surface area contributed by atoms with Gasteiger partial charge in [-0.2, -0.15) is 0 Å². The largest absolute Gasteiger partial charge is 0.489 e. The Morgan fingerprint density at radius 1 is 1.16 bits per heavy atom. The number of carbonyl (C=O) groups excluding carboxylic acids is 2. The summed E-state index contributed by atoms with van der Waals surface area (Å²) in [5.74, 6) is -1.52. The lowest BCUT2D eigenvalue weighted by atomic mass is 10.1. The molecule has 0 aliphatic carbocycles. The molecule has 2 heterocycles. The maximum absolute atomic E-state index is 13.9. The first-order chi connectivity index (χ1) is 21.0. The third-order valence-electron chi connectivity index (χ3n) is 6.45. The van der Waals surface area contributed by atoms with Gasteiger partial charge in [-0.1, -0.05) is 6.08 Å². The van der Waals surface area contributed by atoms with Crippen molar-refractivity contribution in [2.24, 2.45) is 0 Å². The number of likely N-dealkylation sites (N-methyl/N-ethyl adjacent to an activating group) is 1. The number of aromatic nitrogens is 3. The number of rotatable bonds is 12. The molecule has 0 saturated heterocycles. The highest BCUT2D eigenvalue weighted by atomic mass is 19.1. The van der Waals surface area contributed by atoms with Crippen LogP contribution in [0.2, 0.25) is 0 Å². The Balaban J connectivity index is 1.42. The van der Waals surface area contributed by atoms with E-state index in [1.807, 2.05) is 0 Å². The molecule has 0 aliphatic heterocycles. The van der Waals surface area contributed by atoms with Crippen LogP contribution in [-0.2, 0) is 22.7 Å². The molecule has 0 fully saturated rings. The van der Waals surface area contributed by atoms with Crippen molar-refractivity contribution in [2.75, 3.05) is 19.4 Å². The van der Waals surface area contributed by atoms with Crippen LogP contribution in [0, 0.1) is 11.6 Å². The highest BCUT2D eigenvalue weighted by Gasteiger charge is 2.21. The van der Waals surface area contributed by atoms with E-state index in [0.717, 1.165) is 12.1 Å². The molecule has 0 unspecified atom stereocenters. The second-order valence-corrected chi connectivity index (χ2v) is 9.95. The zero-order valence-corrected chi connectivity index (χ0v) is 23.8. The number of H-pyrrole nitrogens is 1. The van der Waals surface area contributed by atoms with E-state index in [1.54, 1.807) is 38.4 Å². The van der Waals surface area contributed by atoms with E-state index in [9.17, 15) is 33.1 Å². The number of ether oxygens (including phenoxy) is 1. The number of imidazole rings is 1. The summed E-state index contributed by atoms with van der Waals surface area (Å²) in [6, 6.07) is 10.0. The molecule has 14 heteroatoms. The van der Waals surface area contributed by atoms with Gasteiger partial charge in [-0.15, -0.1) is 0 Å². The number of nitrogens with zero attached hydrogens (tertiary/aromatic N) is 3. The molecular weight excluding hydrogens is 578 g/mol. The van der Waals surface area contributed by atoms with Gasteiger partial charge in [0.25, 0.3) is 5.56 Å². The Hall–Kier alpha value is -5.53. The highest BCUT2D eigenvalue weighted by Crippen LogP contribution is 2.21. The van der Waals surface area contributed by atoms with E-state index < -0.39 is 35.2 Å². The first-order valence-corrected chi connectivity index (χ1v) is 13.4. The van der Waals surface area contributed by atoms with Crippen LogP contribution in [0.5, 0.6) is 5.75 Å². The third kappa shape index (κ3) is 8.27. The summed E-state index contributed by atoms with van der Waals surface area (Å²) in [6.07, 6.45) is 3.25. The zero-order valence-electron chi connectivity index (χ0n) is 23.8. The molecule has 44 heavy (non-hydrogen) atoms. The predicted octanol–water partition coefficient (Wildman–Crippen LogP) is 3.63. The molecule has 230 valence electrons. The zero-order chi connectivity index (χ0) is 31.8. The number of pyridine rings is 1. The molecule has 4 N–H and O–H groups in total. The van der Waals surface area contributed by atoms with Crippen molar-refractivity contribution < 1.29 is 33.0 Å². The number of halogens is 2. The van der Waals surface area contributed by atoms with Crippen molar-refractivity contribution in [3.05, 3.63) is 100 Å². The minimum atomic E-state index is -1.41. The number of carbonyl (C=O) groups is 3. The van der Waals surface area contributed by atoms with Gasteiger partial charge in [-0.25, -0.2) is 18.6 Å². The Morgan fingerprint density at radius 3 is 2.68 bits per heavy atom. The number of nitrogens with one attached hydrogen (secondary N) is 3. The normalized spacial score (nSPS) is 11.8. The molecule has 0 saturated carbocycles. The lowest BCUT2D eigenvalue weighted by Gasteiger charge is -2.16. The average Bonchev–Trinajstić information content (AvgIpc) is 3.37. The van der Waals surface area contributed by atoms with Gasteiger partial charge in [-0.3, -0.25) is 14.4 Å². The van der Waals surface area contributed by atoms with Crippen LogP contribution in [-0.4, -0.2) is 62.6 Å². The van der Waals surface area contributed by atoms with E-state index in [1.165, 1.54) is 39.9 Å². The van der Waals surface area contributed by atoms with Crippen LogP contribution >= 0.6 is 0 Å². The maximum atomic E-state index is 13.9. The third-order valence-corrected chi connectivity index (χ3v) is 6.45. The first-order valence-electron chi connectivity index (χ1n) is 13.4. The lowest BCUT2D eigenvalue weighted by Crippen LogP contribution is -2.44. The van der Waals surface area contributed by atoms with Gasteiger partial charge in [0, 0.05) is 38.0 Å². The maximum Gasteiger partial charge on any atom is 0.405 e. The monoisotopic (exact) mass is 608 g/mol. The van der Waals surface area contributed by atoms with Gasteiger partial charge < -0.3 is 34.9 Å². The van der Waals surface area contributed by atoms with Gasteiger partial charge >= 0.3 is 6.09 Å². The molecule has 3 amide bonds. The van der Waals surface area contributed by atoms with Crippen molar-refractivity contribution in [3.8, 4) is 5.75 Å². The van der Waals surface area contributed by atoms with E-state index >= 15 is 0 Å². The molecule has 0 radical (unpaired) electrons. The number of carboxylic acid groups (broad SMARTS) is 1. The molecule has 0 aliphatic rings. The van der Waals surface area contributed by atoms with Crippen molar-refractivity contribution in [3.63, 3.8) is 0 Å². The van der Waals surface area contributed by atoms with Gasteiger partial charge in [0.1, 0.15) is 41.5 Å². The van der Waals surface area contributed by atoms with Crippen LogP contribution in [0.25, 0.3) is 11.0 Å². The van der Waals surface area contributed by atoms with Crippen molar-refractivity contribution in [1.29, 1.82) is 0 Å². The fraction of sp³-hybridized carbons (Fsp3) is 0.233. The summed E-state index contributed by atoms with van der Waals surface area (Å²) < 4.78 is 34.0. The quantitative estimate of drug-likeness (QED) is 0.179. The molecule has 0 bridgehead atoms. The summed E-state index contributed by atoms with van der Waals surface area (Å²) in [6.45, 7) is -0.0854. The molecular formula is C30H30F2N6O6. The van der Waals surface area contributed by atoms with Crippen LogP contribution in [0.4, 0.5) is 19.3 Å². The number of amides is 3. The fourth-order valence-electron chi connectivity index (χ4n) is 4.16. The Kier molecular flexibility index (Phi) is 10.1. The van der Waals surface area contributed by atoms with Crippen LogP contribution in [0.3, 0.4) is 0 Å². The van der Waals surface area contributed by atoms with Crippen molar-refractivity contribution >= 4 is 34.6 Å². The minimum Gasteiger partial charge on any atom is -0.489 e. The molecule has 2 aromatic carbocycles. The molecule has 12 nitrogen and oxygen atoms in total. The van der Waals surface area contributed by atoms with Crippen LogP contribution in [0.15, 0.2) is 71.7 Å². The number of fused-ring (bicyclic) bond motifs is 1. The smallest absolute Gasteiger partial charge is 0.405 e. The SMILES string of the molecule is CN(C)C(=O)/C=C/CC[C@H](NC(=O)O)C(=O)Nc1cccn(Cc2nc3ccc(OCc4ccc(F)cc4F)cc3[nH]2)c1=O. The van der Waals surface area contributed by atoms with Crippen LogP contribution < -0.4 is 20.9 Å². The van der Waals surface area contributed by atoms with Gasteiger partial charge in [-0.05, 0) is 55.3 Å². The standard InChI is InChI=1S/C30H30F2N6O6/c1-37(2)27(39)8-4-3-6-23(36-30(42)43)28(40)35-24-7-5-13-38(29(24)41)16-26-33-22-12-11-20(15-25(22)34-26)44-17-18-9-10-19(31)14-21(18)32/h4-5,7-15,23,36H,3,6,16-17H2,1-2H3,(H,33,34)(H,35,40)(H,42,43)/b8-4+/t23-/m0/s1. The molecule has 2 aromatic heterocycles. The number of anilines is 1. The number of aromatic amines is 1. The van der Waals surface area contributed by atoms with E-state index in [4.69, 9.17) is 4.74 Å². The predicted molar refractivity (Wildman–Crippen MR) is 157 cm³/mol. The lowest BCUT2D eigenvalue weighted by molar-refractivity contribution is -0.123. The number of hydrogen-bond donors (Lipinski definition) is 4. The number of allylic oxidation sites excluding steroid dienone is 1. The van der Waals surface area contributed by atoms with E-state index in [-0.39, 0.29) is 43.2 Å². The highest BCUT2D eigenvalue weighted by molar-refractivity contribution is 5.96.